The van der Waals surface area contributed by atoms with Gasteiger partial charge in [0.2, 0.25) is 0 Å². The summed E-state index contributed by atoms with van der Waals surface area (Å²) in [7, 11) is -33.6. The number of aliphatic hydroxyl groups excluding tert-OH is 3. The second-order valence-electron chi connectivity index (χ2n) is 43.1. The topological polar surface area (TPSA) is 495 Å². The first-order chi connectivity index (χ1) is 52.6. The molecule has 0 amide bonds. The van der Waals surface area contributed by atoms with Crippen LogP contribution in [0.2, 0.25) is 0 Å². The predicted molar refractivity (Wildman–Crippen MR) is 468 cm³/mol. The average Bonchev–Trinajstić information content (AvgIpc) is 0.752. The minimum atomic E-state index is -5.60. The summed E-state index contributed by atoms with van der Waals surface area (Å²) in [5.74, 6) is -2.09. The van der Waals surface area contributed by atoms with Crippen LogP contribution in [0, 0.1) is 0 Å². The largest absolute Gasteiger partial charge is 3.00 e. The molecule has 0 aliphatic carbocycles. The molecule has 0 spiro atoms. The van der Waals surface area contributed by atoms with Gasteiger partial charge in [0.15, 0.2) is 0 Å². The van der Waals surface area contributed by atoms with E-state index in [4.69, 9.17) is 27.1 Å². The zero-order valence-electron chi connectivity index (χ0n) is 78.8. The Kier molecular flexibility index (Phi) is 39.9. The van der Waals surface area contributed by atoms with Crippen molar-refractivity contribution < 1.29 is 129 Å². The van der Waals surface area contributed by atoms with Gasteiger partial charge in [-0.2, -0.15) is 0 Å². The van der Waals surface area contributed by atoms with Crippen LogP contribution in [0.5, 0.6) is 34.5 Å². The standard InChI is InChI=1S/3C29H46O9P2.4Al/c3*1-26(2,3)17-13-19(24(37-39(31,32)33)21(15-17)28(7,8)9)23(30)20-14-18(27(4,5)6)16-22(29(10,11)12)25(20)38-40(34,35)36;;;;/h3*13-16,23,30H,1-12H3,(H2,31,32,33)(H2,34,35,36);;;;/q;;;4*+3/p-12. The minimum absolute atomic E-state index is 0. The van der Waals surface area contributed by atoms with Gasteiger partial charge in [0.1, 0.15) is 99.7 Å². The molecule has 0 saturated heterocycles. The maximum Gasteiger partial charge on any atom is 3.00 e. The number of rotatable bonds is 18. The van der Waals surface area contributed by atoms with Crippen LogP contribution in [0.25, 0.3) is 0 Å². The van der Waals surface area contributed by atoms with Gasteiger partial charge in [-0.25, -0.2) is 0 Å². The number of benzene rings is 6. The first-order valence-electron chi connectivity index (χ1n) is 39.0. The van der Waals surface area contributed by atoms with Crippen LogP contribution >= 0.6 is 46.9 Å². The molecular weight excluding hydrogens is 1770 g/mol. The Morgan fingerprint density at radius 2 is 0.282 bits per heavy atom. The third-order valence-corrected chi connectivity index (χ3v) is 22.2. The van der Waals surface area contributed by atoms with Gasteiger partial charge in [-0.05, 0) is 135 Å². The number of hydrogen-bond acceptors (Lipinski definition) is 27. The number of phosphoric acid groups is 6. The molecule has 678 valence electrons. The third kappa shape index (κ3) is 34.6. The maximum absolute atomic E-state index is 12.0. The van der Waals surface area contributed by atoms with E-state index in [1.165, 1.54) is 36.4 Å². The van der Waals surface area contributed by atoms with Crippen molar-refractivity contribution in [2.24, 2.45) is 0 Å². The Labute approximate surface area is 779 Å². The molecule has 0 heterocycles. The predicted octanol–water partition coefficient (Wildman–Crippen LogP) is 11.6. The van der Waals surface area contributed by atoms with E-state index in [0.717, 1.165) is 0 Å². The van der Waals surface area contributed by atoms with Gasteiger partial charge in [0, 0.05) is 66.8 Å². The van der Waals surface area contributed by atoms with Crippen LogP contribution in [-0.2, 0) is 92.4 Å². The Hall–Kier alpha value is -2.97. The summed E-state index contributed by atoms with van der Waals surface area (Å²) >= 11 is 0. The van der Waals surface area contributed by atoms with Gasteiger partial charge in [-0.15, -0.1) is 0 Å². The summed E-state index contributed by atoms with van der Waals surface area (Å²) < 4.78 is 102. The summed E-state index contributed by atoms with van der Waals surface area (Å²) in [4.78, 5) is 143. The molecule has 0 unspecified atom stereocenters. The summed E-state index contributed by atoms with van der Waals surface area (Å²) in [5, 5.41) is 35.9. The van der Waals surface area contributed by atoms with Gasteiger partial charge in [0.05, 0.1) is 0 Å². The molecule has 6 rings (SSSR count). The van der Waals surface area contributed by atoms with E-state index in [2.05, 4.69) is 0 Å². The maximum atomic E-state index is 12.0. The van der Waals surface area contributed by atoms with Crippen molar-refractivity contribution in [1.29, 1.82) is 0 Å². The van der Waals surface area contributed by atoms with Crippen LogP contribution in [0.1, 0.15) is 368 Å². The fourth-order valence-corrected chi connectivity index (χ4v) is 15.4. The van der Waals surface area contributed by atoms with Crippen LogP contribution in [0.15, 0.2) is 72.8 Å². The van der Waals surface area contributed by atoms with Gasteiger partial charge in [0.25, 0.3) is 0 Å². The molecule has 27 nitrogen and oxygen atoms in total. The van der Waals surface area contributed by atoms with Crippen LogP contribution in [0.4, 0.5) is 0 Å². The van der Waals surface area contributed by atoms with E-state index in [0.29, 0.717) is 66.8 Å². The van der Waals surface area contributed by atoms with Crippen molar-refractivity contribution >= 4 is 116 Å². The van der Waals surface area contributed by atoms with Gasteiger partial charge < -0.3 is 129 Å². The summed E-state index contributed by atoms with van der Waals surface area (Å²) in [6.07, 6.45) is -5.22. The van der Waals surface area contributed by atoms with E-state index in [1.807, 2.05) is 125 Å². The van der Waals surface area contributed by atoms with Crippen molar-refractivity contribution in [3.63, 3.8) is 0 Å². The van der Waals surface area contributed by atoms with Crippen molar-refractivity contribution in [2.45, 2.75) is 333 Å². The Bertz CT molecular complexity index is 4240. The smallest absolute Gasteiger partial charge is 0.780 e. The summed E-state index contributed by atoms with van der Waals surface area (Å²) in [5.41, 5.74) is -1.40. The molecule has 37 heteroatoms. The number of hydrogen-bond donors (Lipinski definition) is 3. The second kappa shape index (κ2) is 40.9. The first kappa shape index (κ1) is 121. The molecule has 0 saturated carbocycles. The Morgan fingerprint density at radius 1 is 0.194 bits per heavy atom. The van der Waals surface area contributed by atoms with Gasteiger partial charge in [-0.3, -0.25) is 0 Å². The van der Waals surface area contributed by atoms with Crippen molar-refractivity contribution in [3.05, 3.63) is 173 Å². The molecule has 0 aliphatic heterocycles. The van der Waals surface area contributed by atoms with E-state index >= 15 is 0 Å². The van der Waals surface area contributed by atoms with Crippen LogP contribution in [0.3, 0.4) is 0 Å². The monoisotopic (exact) mass is 1900 g/mol. The van der Waals surface area contributed by atoms with Crippen molar-refractivity contribution in [1.82, 2.24) is 0 Å². The van der Waals surface area contributed by atoms with E-state index in [9.17, 15) is 101 Å². The number of aliphatic hydroxyl groups is 3. The van der Waals surface area contributed by atoms with Gasteiger partial charge in [-0.1, -0.05) is 286 Å². The van der Waals surface area contributed by atoms with Crippen molar-refractivity contribution in [2.75, 3.05) is 0 Å². The zero-order chi connectivity index (χ0) is 94.3. The molecule has 0 aromatic heterocycles. The normalized spacial score (nSPS) is 13.6. The molecule has 6 aromatic carbocycles. The zero-order valence-corrected chi connectivity index (χ0v) is 88.8. The van der Waals surface area contributed by atoms with Crippen LogP contribution in [-0.4, -0.2) is 84.8 Å². The molecule has 6 aromatic rings. The molecule has 0 bridgehead atoms. The van der Waals surface area contributed by atoms with E-state index in [1.54, 1.807) is 161 Å². The fraction of sp³-hybridized carbons (Fsp3) is 0.586. The molecule has 0 fully saturated rings. The SMILES string of the molecule is CC(C)(C)c1cc(C(O)c2cc(C(C)(C)C)cc(C(C)(C)C)c2OP(=O)([O-])[O-])c(OP(=O)([O-])[O-])c(C(C)(C)C)c1.CC(C)(C)c1cc(C(O)c2cc(C(C)(C)C)cc(C(C)(C)C)c2OP(=O)([O-])[O-])c(OP(=O)([O-])[O-])c(C(C)(C)C)c1.CC(C)(C)c1cc(C(O)c2cc(C(C)(C)C)cc(C(C)(C)C)c2OP(=O)([O-])[O-])c(OP(=O)([O-])[O-])c(C(C)(C)C)c1.[Al+3].[Al+3].[Al+3].[Al+3]. The molecular formula is C87H126Al4O27P6. The Morgan fingerprint density at radius 3 is 0.347 bits per heavy atom. The second-order valence-corrected chi connectivity index (χ2v) is 49.6. The first-order valence-corrected chi connectivity index (χ1v) is 47.8. The van der Waals surface area contributed by atoms with E-state index < -0.39 is 130 Å². The minimum Gasteiger partial charge on any atom is -0.780 e. The summed E-state index contributed by atoms with van der Waals surface area (Å²) in [6.45, 7) is 67.1. The fourth-order valence-electron chi connectivity index (χ4n) is 12.9. The summed E-state index contributed by atoms with van der Waals surface area (Å²) in [6, 6.07) is 19.6. The van der Waals surface area contributed by atoms with Gasteiger partial charge >= 0.3 is 69.4 Å². The molecule has 124 heavy (non-hydrogen) atoms. The third-order valence-electron chi connectivity index (χ3n) is 19.7. The average molecular weight is 1900 g/mol. The molecule has 3 N–H and O–H groups in total. The van der Waals surface area contributed by atoms with E-state index in [-0.39, 0.29) is 137 Å². The molecule has 0 aliphatic rings. The number of phosphoric ester groups is 6. The molecule has 0 atom stereocenters. The Balaban J connectivity index is 0.00000180. The van der Waals surface area contributed by atoms with Crippen LogP contribution < -0.4 is 85.9 Å². The van der Waals surface area contributed by atoms with Crippen molar-refractivity contribution in [3.8, 4) is 34.5 Å². The molecule has 0 radical (unpaired) electrons. The quantitative estimate of drug-likeness (QED) is 0.0531.